The van der Waals surface area contributed by atoms with Gasteiger partial charge < -0.3 is 25.4 Å². The minimum absolute atomic E-state index is 0.167. The number of benzene rings is 1. The van der Waals surface area contributed by atoms with E-state index >= 15 is 0 Å². The number of pyridine rings is 1. The predicted octanol–water partition coefficient (Wildman–Crippen LogP) is 2.21. The number of nitrogens with two attached hydrogens (primary N) is 1. The number of aromatic nitrogens is 1. The quantitative estimate of drug-likeness (QED) is 0.564. The van der Waals surface area contributed by atoms with Crippen molar-refractivity contribution in [2.24, 2.45) is 5.73 Å². The number of rotatable bonds is 11. The maximum atomic E-state index is 12.4. The second-order valence-corrected chi connectivity index (χ2v) is 6.99. The molecule has 1 aliphatic rings. The van der Waals surface area contributed by atoms with Crippen molar-refractivity contribution in [3.63, 3.8) is 0 Å². The Hall–Kier alpha value is -2.64. The standard InChI is InChI=1S/C22H30N4O3/c23-9-14-28-15-12-26-17-19-16-20(7-5-18(19)6-8-22(26)27)29-13-3-11-25-21-4-1-2-10-24-21/h1-2,4-5,7,10,16H,3,6,8-9,11-15,17,23H2,(H,24,25). The fraction of sp³-hybridized carbons (Fsp3) is 0.455. The van der Waals surface area contributed by atoms with Crippen LogP contribution in [0.2, 0.25) is 0 Å². The lowest BCUT2D eigenvalue weighted by Crippen LogP contribution is -2.32. The fourth-order valence-corrected chi connectivity index (χ4v) is 3.29. The van der Waals surface area contributed by atoms with Crippen LogP contribution in [-0.4, -0.2) is 55.2 Å². The van der Waals surface area contributed by atoms with Gasteiger partial charge in [0.2, 0.25) is 5.91 Å². The second-order valence-electron chi connectivity index (χ2n) is 6.99. The van der Waals surface area contributed by atoms with Crippen LogP contribution >= 0.6 is 0 Å². The van der Waals surface area contributed by atoms with E-state index in [1.807, 2.05) is 29.2 Å². The van der Waals surface area contributed by atoms with Crippen molar-refractivity contribution < 1.29 is 14.3 Å². The molecule has 0 bridgehead atoms. The van der Waals surface area contributed by atoms with Gasteiger partial charge in [0.1, 0.15) is 11.6 Å². The number of fused-ring (bicyclic) bond motifs is 1. The van der Waals surface area contributed by atoms with Crippen LogP contribution in [0.3, 0.4) is 0 Å². The Labute approximate surface area is 172 Å². The van der Waals surface area contributed by atoms with Gasteiger partial charge in [-0.15, -0.1) is 0 Å². The Morgan fingerprint density at radius 3 is 2.86 bits per heavy atom. The van der Waals surface area contributed by atoms with Crippen LogP contribution < -0.4 is 15.8 Å². The Morgan fingerprint density at radius 2 is 2.03 bits per heavy atom. The molecular formula is C22H30N4O3. The molecule has 0 saturated heterocycles. The molecule has 0 aliphatic carbocycles. The third-order valence-electron chi connectivity index (χ3n) is 4.83. The highest BCUT2D eigenvalue weighted by atomic mass is 16.5. The molecule has 0 fully saturated rings. The van der Waals surface area contributed by atoms with Gasteiger partial charge >= 0.3 is 0 Å². The summed E-state index contributed by atoms with van der Waals surface area (Å²) >= 11 is 0. The number of aryl methyl sites for hydroxylation is 1. The molecule has 1 aromatic carbocycles. The summed E-state index contributed by atoms with van der Waals surface area (Å²) in [5.74, 6) is 1.88. The smallest absolute Gasteiger partial charge is 0.223 e. The van der Waals surface area contributed by atoms with Crippen molar-refractivity contribution in [2.75, 3.05) is 44.8 Å². The van der Waals surface area contributed by atoms with Crippen LogP contribution in [-0.2, 0) is 22.5 Å². The van der Waals surface area contributed by atoms with E-state index in [1.54, 1.807) is 6.20 Å². The summed E-state index contributed by atoms with van der Waals surface area (Å²) < 4.78 is 11.4. The SMILES string of the molecule is NCCOCCN1Cc2cc(OCCCNc3ccccn3)ccc2CCC1=O. The zero-order valence-electron chi connectivity index (χ0n) is 16.8. The Balaban J connectivity index is 1.48. The number of nitrogens with one attached hydrogen (secondary N) is 1. The van der Waals surface area contributed by atoms with Crippen LogP contribution in [0.5, 0.6) is 5.75 Å². The molecule has 3 rings (SSSR count). The Kier molecular flexibility index (Phi) is 8.27. The maximum absolute atomic E-state index is 12.4. The number of carbonyl (C=O) groups is 1. The molecule has 156 valence electrons. The molecule has 1 amide bonds. The summed E-state index contributed by atoms with van der Waals surface area (Å²) in [6.07, 6.45) is 3.94. The molecule has 29 heavy (non-hydrogen) atoms. The average molecular weight is 399 g/mol. The number of hydrogen-bond donors (Lipinski definition) is 2. The van der Waals surface area contributed by atoms with Crippen LogP contribution in [0.4, 0.5) is 5.82 Å². The van der Waals surface area contributed by atoms with Crippen molar-refractivity contribution in [3.05, 3.63) is 53.7 Å². The summed E-state index contributed by atoms with van der Waals surface area (Å²) in [7, 11) is 0. The molecule has 0 saturated carbocycles. The molecule has 7 heteroatoms. The zero-order chi connectivity index (χ0) is 20.3. The molecule has 7 nitrogen and oxygen atoms in total. The van der Waals surface area contributed by atoms with E-state index < -0.39 is 0 Å². The molecule has 1 aromatic heterocycles. The molecule has 0 spiro atoms. The van der Waals surface area contributed by atoms with E-state index in [4.69, 9.17) is 15.2 Å². The summed E-state index contributed by atoms with van der Waals surface area (Å²) in [5, 5.41) is 3.27. The van der Waals surface area contributed by atoms with Gasteiger partial charge in [0.25, 0.3) is 0 Å². The van der Waals surface area contributed by atoms with E-state index in [0.717, 1.165) is 36.5 Å². The van der Waals surface area contributed by atoms with Crippen molar-refractivity contribution in [2.45, 2.75) is 25.8 Å². The van der Waals surface area contributed by atoms with E-state index in [-0.39, 0.29) is 5.91 Å². The minimum atomic E-state index is 0.167. The van der Waals surface area contributed by atoms with Crippen LogP contribution in [0, 0.1) is 0 Å². The molecule has 3 N–H and O–H groups in total. The third-order valence-corrected chi connectivity index (χ3v) is 4.83. The van der Waals surface area contributed by atoms with Crippen molar-refractivity contribution in [1.29, 1.82) is 0 Å². The molecule has 1 aliphatic heterocycles. The van der Waals surface area contributed by atoms with E-state index in [0.29, 0.717) is 45.9 Å². The molecule has 0 unspecified atom stereocenters. The van der Waals surface area contributed by atoms with Gasteiger partial charge in [-0.1, -0.05) is 12.1 Å². The zero-order valence-corrected chi connectivity index (χ0v) is 16.8. The Morgan fingerprint density at radius 1 is 1.10 bits per heavy atom. The second kappa shape index (κ2) is 11.4. The van der Waals surface area contributed by atoms with Gasteiger partial charge in [0.15, 0.2) is 0 Å². The van der Waals surface area contributed by atoms with Gasteiger partial charge in [-0.3, -0.25) is 4.79 Å². The number of ether oxygens (including phenoxy) is 2. The minimum Gasteiger partial charge on any atom is -0.494 e. The van der Waals surface area contributed by atoms with Crippen LogP contribution in [0.25, 0.3) is 0 Å². The third kappa shape index (κ3) is 6.73. The molecule has 0 radical (unpaired) electrons. The van der Waals surface area contributed by atoms with E-state index in [1.165, 1.54) is 5.56 Å². The largest absolute Gasteiger partial charge is 0.494 e. The number of nitrogens with zero attached hydrogens (tertiary/aromatic N) is 2. The number of hydrogen-bond acceptors (Lipinski definition) is 6. The normalized spacial score (nSPS) is 13.7. The van der Waals surface area contributed by atoms with Gasteiger partial charge in [0.05, 0.1) is 19.8 Å². The lowest BCUT2D eigenvalue weighted by Gasteiger charge is -2.21. The van der Waals surface area contributed by atoms with Gasteiger partial charge in [-0.25, -0.2) is 4.98 Å². The summed E-state index contributed by atoms with van der Waals surface area (Å²) in [6, 6.07) is 11.9. The molecule has 2 heterocycles. The number of anilines is 1. The first-order valence-electron chi connectivity index (χ1n) is 10.2. The first kappa shape index (κ1) is 21.1. The molecular weight excluding hydrogens is 368 g/mol. The van der Waals surface area contributed by atoms with Gasteiger partial charge in [0, 0.05) is 38.8 Å². The van der Waals surface area contributed by atoms with Gasteiger partial charge in [-0.05, 0) is 48.2 Å². The van der Waals surface area contributed by atoms with Crippen molar-refractivity contribution in [3.8, 4) is 5.75 Å². The predicted molar refractivity (Wildman–Crippen MR) is 113 cm³/mol. The first-order valence-corrected chi connectivity index (χ1v) is 10.2. The summed E-state index contributed by atoms with van der Waals surface area (Å²) in [5.41, 5.74) is 7.81. The van der Waals surface area contributed by atoms with Gasteiger partial charge in [-0.2, -0.15) is 0 Å². The summed E-state index contributed by atoms with van der Waals surface area (Å²) in [6.45, 7) is 4.13. The molecule has 2 aromatic rings. The highest BCUT2D eigenvalue weighted by Crippen LogP contribution is 2.24. The summed E-state index contributed by atoms with van der Waals surface area (Å²) in [4.78, 5) is 18.5. The lowest BCUT2D eigenvalue weighted by molar-refractivity contribution is -0.132. The van der Waals surface area contributed by atoms with Crippen LogP contribution in [0.15, 0.2) is 42.6 Å². The first-order chi connectivity index (χ1) is 14.3. The number of amides is 1. The highest BCUT2D eigenvalue weighted by Gasteiger charge is 2.20. The van der Waals surface area contributed by atoms with E-state index in [2.05, 4.69) is 22.4 Å². The average Bonchev–Trinajstić information content (AvgIpc) is 2.90. The highest BCUT2D eigenvalue weighted by molar-refractivity contribution is 5.77. The maximum Gasteiger partial charge on any atom is 0.223 e. The van der Waals surface area contributed by atoms with Crippen molar-refractivity contribution in [1.82, 2.24) is 9.88 Å². The topological polar surface area (TPSA) is 89.7 Å². The fourth-order valence-electron chi connectivity index (χ4n) is 3.29. The van der Waals surface area contributed by atoms with Crippen molar-refractivity contribution >= 4 is 11.7 Å². The monoisotopic (exact) mass is 398 g/mol. The Bertz CT molecular complexity index is 770. The molecule has 0 atom stereocenters. The lowest BCUT2D eigenvalue weighted by atomic mass is 10.0. The number of carbonyl (C=O) groups excluding carboxylic acids is 1. The van der Waals surface area contributed by atoms with E-state index in [9.17, 15) is 4.79 Å². The van der Waals surface area contributed by atoms with Crippen LogP contribution in [0.1, 0.15) is 24.0 Å².